The maximum absolute atomic E-state index is 11.8. The molecule has 0 atom stereocenters. The monoisotopic (exact) mass is 504 g/mol. The van der Waals surface area contributed by atoms with E-state index in [4.69, 9.17) is 4.98 Å². The largest absolute Gasteiger partial charge is 0.356 e. The maximum atomic E-state index is 11.8. The first-order valence-electron chi connectivity index (χ1n) is 14.5. The highest BCUT2D eigenvalue weighted by Crippen LogP contribution is 2.46. The van der Waals surface area contributed by atoms with Crippen molar-refractivity contribution >= 4 is 11.7 Å². The summed E-state index contributed by atoms with van der Waals surface area (Å²) in [5, 5.41) is 6.68. The molecule has 1 aliphatic heterocycles. The van der Waals surface area contributed by atoms with Gasteiger partial charge in [0.2, 0.25) is 5.91 Å². The fraction of sp³-hybridized carbons (Fsp3) is 0.625. The minimum absolute atomic E-state index is 0.168. The van der Waals surface area contributed by atoms with Crippen LogP contribution >= 0.6 is 0 Å². The number of nitrogens with one attached hydrogen (secondary N) is 2. The second kappa shape index (κ2) is 11.6. The van der Waals surface area contributed by atoms with Crippen molar-refractivity contribution in [3.63, 3.8) is 0 Å². The highest BCUT2D eigenvalue weighted by atomic mass is 16.1. The Bertz CT molecular complexity index is 1070. The molecule has 1 aromatic heterocycles. The van der Waals surface area contributed by atoms with Gasteiger partial charge in [-0.05, 0) is 99.1 Å². The van der Waals surface area contributed by atoms with Crippen LogP contribution in [0.5, 0.6) is 0 Å². The molecule has 1 amide bonds. The molecule has 1 aliphatic carbocycles. The summed E-state index contributed by atoms with van der Waals surface area (Å²) < 4.78 is 0. The Balaban J connectivity index is 1.31. The fourth-order valence-electron chi connectivity index (χ4n) is 5.93. The Hall–Kier alpha value is -2.40. The second-order valence-electron chi connectivity index (χ2n) is 12.8. The van der Waals surface area contributed by atoms with Gasteiger partial charge in [0.25, 0.3) is 0 Å². The van der Waals surface area contributed by atoms with E-state index in [1.165, 1.54) is 29.5 Å². The van der Waals surface area contributed by atoms with Gasteiger partial charge >= 0.3 is 0 Å². The highest BCUT2D eigenvalue weighted by molar-refractivity contribution is 5.76. The third-order valence-electron chi connectivity index (χ3n) is 8.42. The van der Waals surface area contributed by atoms with Gasteiger partial charge in [-0.2, -0.15) is 0 Å². The number of fused-ring (bicyclic) bond motifs is 1. The Morgan fingerprint density at radius 1 is 1.00 bits per heavy atom. The average molecular weight is 505 g/mol. The number of nitrogens with zero attached hydrogens (tertiary/aromatic N) is 2. The molecule has 2 aromatic rings. The molecule has 37 heavy (non-hydrogen) atoms. The quantitative estimate of drug-likeness (QED) is 0.391. The van der Waals surface area contributed by atoms with E-state index in [0.717, 1.165) is 56.8 Å². The molecule has 2 N–H and O–H groups in total. The molecular formula is C32H48N4O. The molecule has 4 rings (SSSR count). The number of unbranched alkanes of at least 4 members (excludes halogenated alkanes) is 1. The van der Waals surface area contributed by atoms with Crippen LogP contribution in [0.3, 0.4) is 0 Å². The fourth-order valence-corrected chi connectivity index (χ4v) is 5.93. The third-order valence-corrected chi connectivity index (χ3v) is 8.42. The number of piperidine rings is 1. The van der Waals surface area contributed by atoms with Crippen LogP contribution in [0.2, 0.25) is 0 Å². The van der Waals surface area contributed by atoms with Crippen molar-refractivity contribution in [3.05, 3.63) is 47.5 Å². The van der Waals surface area contributed by atoms with Crippen LogP contribution in [0, 0.1) is 0 Å². The molecule has 1 saturated heterocycles. The highest BCUT2D eigenvalue weighted by Gasteiger charge is 2.37. The van der Waals surface area contributed by atoms with Crippen LogP contribution < -0.4 is 15.5 Å². The van der Waals surface area contributed by atoms with E-state index in [-0.39, 0.29) is 22.8 Å². The van der Waals surface area contributed by atoms with Crippen LogP contribution in [-0.2, 0) is 15.6 Å². The zero-order valence-electron chi connectivity index (χ0n) is 24.0. The summed E-state index contributed by atoms with van der Waals surface area (Å²) in [5.41, 5.74) is 5.72. The van der Waals surface area contributed by atoms with Crippen molar-refractivity contribution in [3.8, 4) is 11.3 Å². The molecule has 0 unspecified atom stereocenters. The predicted octanol–water partition coefficient (Wildman–Crippen LogP) is 6.35. The minimum Gasteiger partial charge on any atom is -0.356 e. The Morgan fingerprint density at radius 2 is 1.70 bits per heavy atom. The van der Waals surface area contributed by atoms with Crippen molar-refractivity contribution in [1.82, 2.24) is 15.6 Å². The van der Waals surface area contributed by atoms with Crippen molar-refractivity contribution in [2.45, 2.75) is 109 Å². The molecule has 1 aromatic carbocycles. The van der Waals surface area contributed by atoms with E-state index in [9.17, 15) is 4.79 Å². The van der Waals surface area contributed by atoms with Gasteiger partial charge in [-0.1, -0.05) is 45.9 Å². The number of anilines is 1. The molecule has 5 heteroatoms. The van der Waals surface area contributed by atoms with Crippen LogP contribution in [0.15, 0.2) is 36.4 Å². The van der Waals surface area contributed by atoms with Gasteiger partial charge in [0.1, 0.15) is 5.82 Å². The normalized spacial score (nSPS) is 19.1. The molecule has 202 valence electrons. The number of carbonyl (C=O) groups is 1. The standard InChI is InChI=1S/C32H48N4O/c1-23(2)34-30(37)12-7-8-19-33-25-15-20-36(21-16-25)29-11-9-10-28(35-29)24-13-14-26-27(22-24)32(5,6)18-17-31(26,3)4/h9-11,13-14,22-23,25,33H,7-8,12,15-21H2,1-6H3,(H,34,37). The van der Waals surface area contributed by atoms with Crippen molar-refractivity contribution in [1.29, 1.82) is 0 Å². The molecule has 0 saturated carbocycles. The van der Waals surface area contributed by atoms with Crippen LogP contribution in [0.25, 0.3) is 11.3 Å². The SMILES string of the molecule is CC(C)NC(=O)CCCCNC1CCN(c2cccc(-c3ccc4c(c3)C(C)(C)CCC4(C)C)n2)CC1. The Labute approximate surface area is 224 Å². The lowest BCUT2D eigenvalue weighted by Gasteiger charge is -2.42. The summed E-state index contributed by atoms with van der Waals surface area (Å²) in [5.74, 6) is 1.26. The van der Waals surface area contributed by atoms with Crippen molar-refractivity contribution < 1.29 is 4.79 Å². The van der Waals surface area contributed by atoms with Crippen LogP contribution in [0.4, 0.5) is 5.82 Å². The van der Waals surface area contributed by atoms with Crippen LogP contribution in [0.1, 0.15) is 97.6 Å². The van der Waals surface area contributed by atoms with E-state index in [1.807, 2.05) is 13.8 Å². The van der Waals surface area contributed by atoms with E-state index < -0.39 is 0 Å². The lowest BCUT2D eigenvalue weighted by Crippen LogP contribution is -2.43. The van der Waals surface area contributed by atoms with Gasteiger partial charge in [-0.25, -0.2) is 4.98 Å². The molecule has 1 fully saturated rings. The Morgan fingerprint density at radius 3 is 2.41 bits per heavy atom. The first-order valence-corrected chi connectivity index (χ1v) is 14.5. The molecule has 0 spiro atoms. The lowest BCUT2D eigenvalue weighted by molar-refractivity contribution is -0.121. The van der Waals surface area contributed by atoms with Gasteiger partial charge in [0.05, 0.1) is 5.69 Å². The third kappa shape index (κ3) is 6.93. The second-order valence-corrected chi connectivity index (χ2v) is 12.8. The Kier molecular flexibility index (Phi) is 8.63. The number of amides is 1. The maximum Gasteiger partial charge on any atom is 0.220 e. The van der Waals surface area contributed by atoms with E-state index >= 15 is 0 Å². The van der Waals surface area contributed by atoms with Gasteiger partial charge in [-0.15, -0.1) is 0 Å². The number of pyridine rings is 1. The summed E-state index contributed by atoms with van der Waals surface area (Å²) in [4.78, 5) is 19.3. The predicted molar refractivity (Wildman–Crippen MR) is 155 cm³/mol. The number of aromatic nitrogens is 1. The minimum atomic E-state index is 0.168. The van der Waals surface area contributed by atoms with E-state index in [1.54, 1.807) is 0 Å². The van der Waals surface area contributed by atoms with Gasteiger partial charge in [0.15, 0.2) is 0 Å². The van der Waals surface area contributed by atoms with Crippen molar-refractivity contribution in [2.75, 3.05) is 24.5 Å². The number of hydrogen-bond donors (Lipinski definition) is 2. The topological polar surface area (TPSA) is 57.3 Å². The molecular weight excluding hydrogens is 456 g/mol. The van der Waals surface area contributed by atoms with Gasteiger partial charge < -0.3 is 15.5 Å². The summed E-state index contributed by atoms with van der Waals surface area (Å²) in [6, 6.07) is 14.3. The van der Waals surface area contributed by atoms with Crippen LogP contribution in [-0.4, -0.2) is 42.6 Å². The number of benzene rings is 1. The van der Waals surface area contributed by atoms with Gasteiger partial charge in [0, 0.05) is 37.2 Å². The summed E-state index contributed by atoms with van der Waals surface area (Å²) in [7, 11) is 0. The molecule has 5 nitrogen and oxygen atoms in total. The lowest BCUT2D eigenvalue weighted by atomic mass is 9.63. The summed E-state index contributed by atoms with van der Waals surface area (Å²) in [6.07, 6.45) is 7.33. The van der Waals surface area contributed by atoms with E-state index in [0.29, 0.717) is 12.5 Å². The van der Waals surface area contributed by atoms with Crippen molar-refractivity contribution in [2.24, 2.45) is 0 Å². The molecule has 2 aliphatic rings. The zero-order valence-corrected chi connectivity index (χ0v) is 24.0. The van der Waals surface area contributed by atoms with Gasteiger partial charge in [-0.3, -0.25) is 4.79 Å². The number of carbonyl (C=O) groups excluding carboxylic acids is 1. The van der Waals surface area contributed by atoms with E-state index in [2.05, 4.69) is 79.6 Å². The molecule has 0 bridgehead atoms. The summed E-state index contributed by atoms with van der Waals surface area (Å²) in [6.45, 7) is 16.6. The number of rotatable bonds is 9. The molecule has 0 radical (unpaired) electrons. The smallest absolute Gasteiger partial charge is 0.220 e. The molecule has 2 heterocycles. The summed E-state index contributed by atoms with van der Waals surface area (Å²) >= 11 is 0. The average Bonchev–Trinajstić information content (AvgIpc) is 2.86. The zero-order chi connectivity index (χ0) is 26.6. The first-order chi connectivity index (χ1) is 17.5. The number of hydrogen-bond acceptors (Lipinski definition) is 4. The first kappa shape index (κ1) is 27.6.